The summed E-state index contributed by atoms with van der Waals surface area (Å²) < 4.78 is 6.46. The van der Waals surface area contributed by atoms with E-state index >= 15 is 0 Å². The normalized spacial score (nSPS) is 13.8. The molecule has 0 heterocycles. The number of hydrogen-bond acceptors (Lipinski definition) is 1. The highest BCUT2D eigenvalue weighted by Gasteiger charge is 2.30. The van der Waals surface area contributed by atoms with Gasteiger partial charge in [-0.15, -0.1) is 5.54 Å². The molecule has 0 amide bonds. The Hall–Kier alpha value is -0.826. The van der Waals surface area contributed by atoms with E-state index in [4.69, 9.17) is 4.43 Å². The molecule has 1 atom stereocenters. The van der Waals surface area contributed by atoms with Crippen molar-refractivity contribution in [2.45, 2.75) is 79.4 Å². The van der Waals surface area contributed by atoms with Gasteiger partial charge in [0.1, 0.15) is 8.07 Å². The van der Waals surface area contributed by atoms with Crippen LogP contribution in [0.15, 0.2) is 18.2 Å². The predicted octanol–water partition coefficient (Wildman–Crippen LogP) is 6.13. The van der Waals surface area contributed by atoms with Gasteiger partial charge in [-0.1, -0.05) is 66.2 Å². The third kappa shape index (κ3) is 6.59. The van der Waals surface area contributed by atoms with Crippen LogP contribution >= 0.6 is 0 Å². The van der Waals surface area contributed by atoms with Crippen LogP contribution < -0.4 is 0 Å². The van der Waals surface area contributed by atoms with Crippen LogP contribution in [-0.4, -0.2) is 17.1 Å². The minimum atomic E-state index is -1.35. The van der Waals surface area contributed by atoms with Gasteiger partial charge in [-0.05, 0) is 47.7 Å². The summed E-state index contributed by atoms with van der Waals surface area (Å²) in [5, 5.41) is 0. The van der Waals surface area contributed by atoms with Crippen molar-refractivity contribution in [3.63, 3.8) is 0 Å². The summed E-state index contributed by atoms with van der Waals surface area (Å²) >= 11 is 0. The van der Waals surface area contributed by atoms with Crippen LogP contribution in [-0.2, 0) is 4.43 Å². The van der Waals surface area contributed by atoms with E-state index in [1.54, 1.807) is 0 Å². The fraction of sp³-hybridized carbons (Fsp3) is 0.619. The molecule has 1 rings (SSSR count). The Bertz CT molecular complexity index is 607. The van der Waals surface area contributed by atoms with E-state index in [0.29, 0.717) is 5.92 Å². The van der Waals surface area contributed by atoms with Gasteiger partial charge in [-0.25, -0.2) is 0 Å². The summed E-state index contributed by atoms with van der Waals surface area (Å²) in [5.41, 5.74) is 7.43. The lowest BCUT2D eigenvalue weighted by Crippen LogP contribution is -2.27. The number of benzene rings is 1. The van der Waals surface area contributed by atoms with Crippen LogP contribution in [0.3, 0.4) is 0 Å². The second-order valence-corrected chi connectivity index (χ2v) is 16.5. The molecule has 0 fully saturated rings. The molecule has 0 aliphatic rings. The summed E-state index contributed by atoms with van der Waals surface area (Å²) in [5.74, 6) is 3.87. The molecule has 1 unspecified atom stereocenters. The van der Waals surface area contributed by atoms with Crippen LogP contribution in [0.1, 0.15) is 63.3 Å². The zero-order valence-corrected chi connectivity index (χ0v) is 19.5. The van der Waals surface area contributed by atoms with Crippen LogP contribution in [0.5, 0.6) is 0 Å². The van der Waals surface area contributed by atoms with Gasteiger partial charge in [0.25, 0.3) is 0 Å². The largest absolute Gasteiger partial charge is 0.413 e. The standard InChI is InChI=1S/C21H36OSi2/c1-16(2)19-15-17(13-14-24(8,9)10)11-12-18(19)20(21(3,4)5)22-23(6)7/h11-12,15-16,20,23H,1-10H3. The van der Waals surface area contributed by atoms with Crippen molar-refractivity contribution in [3.05, 3.63) is 34.9 Å². The summed E-state index contributed by atoms with van der Waals surface area (Å²) in [7, 11) is -2.47. The Morgan fingerprint density at radius 2 is 1.62 bits per heavy atom. The maximum absolute atomic E-state index is 6.46. The van der Waals surface area contributed by atoms with Crippen LogP contribution in [0.2, 0.25) is 32.7 Å². The highest BCUT2D eigenvalue weighted by Crippen LogP contribution is 2.40. The second kappa shape index (κ2) is 8.04. The van der Waals surface area contributed by atoms with Crippen LogP contribution in [0.25, 0.3) is 0 Å². The van der Waals surface area contributed by atoms with Crippen molar-refractivity contribution >= 4 is 17.1 Å². The van der Waals surface area contributed by atoms with E-state index < -0.39 is 17.1 Å². The Kier molecular flexibility index (Phi) is 7.10. The average Bonchev–Trinajstić information content (AvgIpc) is 2.40. The smallest absolute Gasteiger partial charge is 0.171 e. The fourth-order valence-corrected chi connectivity index (χ4v) is 4.29. The first kappa shape index (κ1) is 21.2. The summed E-state index contributed by atoms with van der Waals surface area (Å²) in [6, 6.07) is 6.73. The maximum atomic E-state index is 6.46. The van der Waals surface area contributed by atoms with Gasteiger partial charge in [0.05, 0.1) is 6.10 Å². The summed E-state index contributed by atoms with van der Waals surface area (Å²) in [6.07, 6.45) is 0.153. The first-order valence-electron chi connectivity index (χ1n) is 9.13. The Morgan fingerprint density at radius 1 is 1.04 bits per heavy atom. The van der Waals surface area contributed by atoms with Crippen LogP contribution in [0, 0.1) is 16.9 Å². The van der Waals surface area contributed by atoms with E-state index in [0.717, 1.165) is 5.56 Å². The third-order valence-corrected chi connectivity index (χ3v) is 5.46. The van der Waals surface area contributed by atoms with Gasteiger partial charge in [-0.3, -0.25) is 0 Å². The molecule has 0 aliphatic carbocycles. The lowest BCUT2D eigenvalue weighted by atomic mass is 9.80. The van der Waals surface area contributed by atoms with Gasteiger partial charge < -0.3 is 4.43 Å². The van der Waals surface area contributed by atoms with Gasteiger partial charge in [0.2, 0.25) is 0 Å². The van der Waals surface area contributed by atoms with Crippen molar-refractivity contribution < 1.29 is 4.43 Å². The van der Waals surface area contributed by atoms with Crippen molar-refractivity contribution in [3.8, 4) is 11.5 Å². The number of hydrogen-bond donors (Lipinski definition) is 0. The minimum Gasteiger partial charge on any atom is -0.413 e. The molecule has 1 aromatic carbocycles. The minimum absolute atomic E-state index is 0.0897. The molecular weight excluding hydrogens is 324 g/mol. The Labute approximate surface area is 153 Å². The highest BCUT2D eigenvalue weighted by atomic mass is 28.3. The molecule has 0 N–H and O–H groups in total. The maximum Gasteiger partial charge on any atom is 0.171 e. The monoisotopic (exact) mass is 360 g/mol. The molecular formula is C21H36OSi2. The molecule has 0 saturated heterocycles. The number of rotatable bonds is 4. The molecule has 0 aromatic heterocycles. The lowest BCUT2D eigenvalue weighted by Gasteiger charge is -2.35. The molecule has 1 nitrogen and oxygen atoms in total. The van der Waals surface area contributed by atoms with Crippen molar-refractivity contribution in [1.82, 2.24) is 0 Å². The molecule has 24 heavy (non-hydrogen) atoms. The molecule has 0 radical (unpaired) electrons. The first-order valence-corrected chi connectivity index (χ1v) is 15.4. The third-order valence-electron chi connectivity index (χ3n) is 3.77. The fourth-order valence-electron chi connectivity index (χ4n) is 2.67. The van der Waals surface area contributed by atoms with E-state index in [1.807, 2.05) is 0 Å². The van der Waals surface area contributed by atoms with Gasteiger partial charge in [-0.2, -0.15) is 0 Å². The summed E-state index contributed by atoms with van der Waals surface area (Å²) in [4.78, 5) is 0. The predicted molar refractivity (Wildman–Crippen MR) is 113 cm³/mol. The van der Waals surface area contributed by atoms with E-state index in [9.17, 15) is 0 Å². The molecule has 134 valence electrons. The van der Waals surface area contributed by atoms with Crippen molar-refractivity contribution in [2.24, 2.45) is 5.41 Å². The first-order chi connectivity index (χ1) is 10.8. The van der Waals surface area contributed by atoms with Gasteiger partial charge in [0.15, 0.2) is 9.04 Å². The van der Waals surface area contributed by atoms with Gasteiger partial charge >= 0.3 is 0 Å². The van der Waals surface area contributed by atoms with E-state index in [-0.39, 0.29) is 11.5 Å². The lowest BCUT2D eigenvalue weighted by molar-refractivity contribution is 0.0855. The SMILES string of the molecule is CC(C)c1cc(C#C[Si](C)(C)C)ccc1C(O[SiH](C)C)C(C)(C)C. The zero-order chi connectivity index (χ0) is 18.7. The van der Waals surface area contributed by atoms with Crippen molar-refractivity contribution in [2.75, 3.05) is 0 Å². The molecule has 0 saturated carbocycles. The zero-order valence-electron chi connectivity index (χ0n) is 17.4. The van der Waals surface area contributed by atoms with Crippen LogP contribution in [0.4, 0.5) is 0 Å². The topological polar surface area (TPSA) is 9.23 Å². The second-order valence-electron chi connectivity index (χ2n) is 9.43. The molecule has 0 bridgehead atoms. The van der Waals surface area contributed by atoms with E-state index in [1.165, 1.54) is 11.1 Å². The molecule has 0 aliphatic heterocycles. The quantitative estimate of drug-likeness (QED) is 0.464. The van der Waals surface area contributed by atoms with Gasteiger partial charge in [0, 0.05) is 5.56 Å². The highest BCUT2D eigenvalue weighted by molar-refractivity contribution is 6.83. The summed E-state index contributed by atoms with van der Waals surface area (Å²) in [6.45, 7) is 22.7. The molecule has 0 spiro atoms. The van der Waals surface area contributed by atoms with Crippen molar-refractivity contribution in [1.29, 1.82) is 0 Å². The Balaban J connectivity index is 3.39. The molecule has 3 heteroatoms. The average molecular weight is 361 g/mol. The Morgan fingerprint density at radius 3 is 2.04 bits per heavy atom. The van der Waals surface area contributed by atoms with E-state index in [2.05, 4.69) is 97.0 Å². The molecule has 1 aromatic rings.